The maximum atomic E-state index is 11.4. The molecule has 0 unspecified atom stereocenters. The molecule has 3 N–H and O–H groups in total. The van der Waals surface area contributed by atoms with E-state index in [0.29, 0.717) is 19.5 Å². The van der Waals surface area contributed by atoms with Gasteiger partial charge in [-0.3, -0.25) is 9.20 Å². The highest BCUT2D eigenvalue weighted by molar-refractivity contribution is 7.15. The van der Waals surface area contributed by atoms with E-state index >= 15 is 0 Å². The molecule has 6 heteroatoms. The van der Waals surface area contributed by atoms with Crippen LogP contribution in [0.15, 0.2) is 17.8 Å². The van der Waals surface area contributed by atoms with E-state index in [1.165, 1.54) is 0 Å². The van der Waals surface area contributed by atoms with Crippen molar-refractivity contribution < 1.29 is 4.79 Å². The van der Waals surface area contributed by atoms with Crippen molar-refractivity contribution in [3.8, 4) is 0 Å². The molecule has 80 valence electrons. The minimum atomic E-state index is -0.0359. The summed E-state index contributed by atoms with van der Waals surface area (Å²) in [5, 5.41) is 4.67. The van der Waals surface area contributed by atoms with Crippen LogP contribution in [0.4, 0.5) is 0 Å². The second kappa shape index (κ2) is 4.41. The van der Waals surface area contributed by atoms with Crippen molar-refractivity contribution >= 4 is 22.2 Å². The second-order valence-electron chi connectivity index (χ2n) is 3.14. The summed E-state index contributed by atoms with van der Waals surface area (Å²) in [5.74, 6) is -0.0359. The smallest absolute Gasteiger partial charge is 0.226 e. The summed E-state index contributed by atoms with van der Waals surface area (Å²) in [4.78, 5) is 16.6. The van der Waals surface area contributed by atoms with Gasteiger partial charge < -0.3 is 11.1 Å². The number of nitrogens with two attached hydrogens (primary N) is 1. The zero-order chi connectivity index (χ0) is 10.7. The molecule has 0 bridgehead atoms. The monoisotopic (exact) mass is 224 g/mol. The Morgan fingerprint density at radius 2 is 2.53 bits per heavy atom. The van der Waals surface area contributed by atoms with Crippen molar-refractivity contribution in [3.63, 3.8) is 0 Å². The van der Waals surface area contributed by atoms with Gasteiger partial charge in [-0.05, 0) is 0 Å². The summed E-state index contributed by atoms with van der Waals surface area (Å²) < 4.78 is 1.91. The highest BCUT2D eigenvalue weighted by atomic mass is 32.1. The highest BCUT2D eigenvalue weighted by Gasteiger charge is 2.07. The van der Waals surface area contributed by atoms with Gasteiger partial charge in [0.15, 0.2) is 4.96 Å². The van der Waals surface area contributed by atoms with E-state index in [-0.39, 0.29) is 5.91 Å². The van der Waals surface area contributed by atoms with Gasteiger partial charge in [0.05, 0.1) is 12.1 Å². The predicted octanol–water partition coefficient (Wildman–Crippen LogP) is 0.0132. The zero-order valence-electron chi connectivity index (χ0n) is 8.14. The Morgan fingerprint density at radius 1 is 1.67 bits per heavy atom. The largest absolute Gasteiger partial charge is 0.354 e. The Bertz CT molecular complexity index is 433. The molecule has 0 aliphatic heterocycles. The van der Waals surface area contributed by atoms with Gasteiger partial charge in [-0.25, -0.2) is 4.98 Å². The molecule has 15 heavy (non-hydrogen) atoms. The summed E-state index contributed by atoms with van der Waals surface area (Å²) in [6.45, 7) is 0.977. The molecule has 0 spiro atoms. The fraction of sp³-hybridized carbons (Fsp3) is 0.333. The number of amides is 1. The number of nitrogens with zero attached hydrogens (tertiary/aromatic N) is 2. The number of thiazole rings is 1. The number of imidazole rings is 1. The molecule has 0 aliphatic carbocycles. The maximum Gasteiger partial charge on any atom is 0.226 e. The van der Waals surface area contributed by atoms with Crippen LogP contribution in [0.5, 0.6) is 0 Å². The molecule has 2 aromatic rings. The molecule has 0 saturated carbocycles. The number of rotatable bonds is 4. The van der Waals surface area contributed by atoms with Gasteiger partial charge in [-0.15, -0.1) is 11.3 Å². The van der Waals surface area contributed by atoms with Crippen molar-refractivity contribution in [1.29, 1.82) is 0 Å². The van der Waals surface area contributed by atoms with E-state index in [1.54, 1.807) is 11.3 Å². The molecule has 5 nitrogen and oxygen atoms in total. The molecule has 0 radical (unpaired) electrons. The fourth-order valence-electron chi connectivity index (χ4n) is 1.30. The van der Waals surface area contributed by atoms with Crippen molar-refractivity contribution in [1.82, 2.24) is 14.7 Å². The standard InChI is InChI=1S/C9H12N4OS/c10-1-2-11-8(14)5-7-6-13-3-4-15-9(13)12-7/h3-4,6H,1-2,5,10H2,(H,11,14). The number of carbonyl (C=O) groups is 1. The number of aromatic nitrogens is 2. The van der Waals surface area contributed by atoms with Crippen LogP contribution >= 0.6 is 11.3 Å². The maximum absolute atomic E-state index is 11.4. The lowest BCUT2D eigenvalue weighted by Gasteiger charge is -2.00. The minimum absolute atomic E-state index is 0.0359. The summed E-state index contributed by atoms with van der Waals surface area (Å²) in [6.07, 6.45) is 4.11. The van der Waals surface area contributed by atoms with Crippen LogP contribution in [0.25, 0.3) is 4.96 Å². The first-order valence-corrected chi connectivity index (χ1v) is 5.55. The van der Waals surface area contributed by atoms with Gasteiger partial charge in [-0.2, -0.15) is 0 Å². The van der Waals surface area contributed by atoms with Gasteiger partial charge in [0, 0.05) is 30.9 Å². The van der Waals surface area contributed by atoms with Crippen LogP contribution in [0.3, 0.4) is 0 Å². The normalized spacial score (nSPS) is 10.7. The summed E-state index contributed by atoms with van der Waals surface area (Å²) in [5.41, 5.74) is 6.07. The van der Waals surface area contributed by atoms with Crippen molar-refractivity contribution in [2.45, 2.75) is 6.42 Å². The van der Waals surface area contributed by atoms with Gasteiger partial charge >= 0.3 is 0 Å². The first kappa shape index (κ1) is 10.1. The molecular formula is C9H12N4OS. The first-order valence-electron chi connectivity index (χ1n) is 4.67. The van der Waals surface area contributed by atoms with E-state index in [1.807, 2.05) is 22.2 Å². The van der Waals surface area contributed by atoms with Gasteiger partial charge in [0.25, 0.3) is 0 Å². The van der Waals surface area contributed by atoms with Gasteiger partial charge in [-0.1, -0.05) is 0 Å². The van der Waals surface area contributed by atoms with E-state index in [2.05, 4.69) is 10.3 Å². The van der Waals surface area contributed by atoms with Crippen molar-refractivity contribution in [3.05, 3.63) is 23.5 Å². The number of carbonyl (C=O) groups excluding carboxylic acids is 1. The number of hydrogen-bond donors (Lipinski definition) is 2. The average molecular weight is 224 g/mol. The Labute approximate surface area is 90.9 Å². The Hall–Kier alpha value is -1.40. The van der Waals surface area contributed by atoms with Crippen LogP contribution in [0, 0.1) is 0 Å². The van der Waals surface area contributed by atoms with E-state index in [4.69, 9.17) is 5.73 Å². The third-order valence-electron chi connectivity index (χ3n) is 1.95. The van der Waals surface area contributed by atoms with Gasteiger partial charge in [0.2, 0.25) is 5.91 Å². The molecule has 0 fully saturated rings. The van der Waals surface area contributed by atoms with Crippen LogP contribution < -0.4 is 11.1 Å². The molecule has 0 aromatic carbocycles. The minimum Gasteiger partial charge on any atom is -0.354 e. The Balaban J connectivity index is 2.00. The Kier molecular flexibility index (Phi) is 2.98. The third-order valence-corrected chi connectivity index (χ3v) is 2.72. The van der Waals surface area contributed by atoms with Crippen LogP contribution in [-0.2, 0) is 11.2 Å². The van der Waals surface area contributed by atoms with E-state index in [9.17, 15) is 4.79 Å². The molecule has 0 atom stereocenters. The van der Waals surface area contributed by atoms with Crippen LogP contribution in [-0.4, -0.2) is 28.4 Å². The van der Waals surface area contributed by atoms with Gasteiger partial charge in [0.1, 0.15) is 0 Å². The summed E-state index contributed by atoms with van der Waals surface area (Å²) >= 11 is 1.55. The van der Waals surface area contributed by atoms with Crippen LogP contribution in [0.2, 0.25) is 0 Å². The SMILES string of the molecule is NCCNC(=O)Cc1cn2ccsc2n1. The quantitative estimate of drug-likeness (QED) is 0.768. The molecule has 1 amide bonds. The molecule has 2 aromatic heterocycles. The van der Waals surface area contributed by atoms with Crippen molar-refractivity contribution in [2.75, 3.05) is 13.1 Å². The lowest BCUT2D eigenvalue weighted by Crippen LogP contribution is -2.30. The zero-order valence-corrected chi connectivity index (χ0v) is 8.96. The molecule has 0 aliphatic rings. The number of fused-ring (bicyclic) bond motifs is 1. The molecular weight excluding hydrogens is 212 g/mol. The lowest BCUT2D eigenvalue weighted by molar-refractivity contribution is -0.120. The van der Waals surface area contributed by atoms with Crippen molar-refractivity contribution in [2.24, 2.45) is 5.73 Å². The third kappa shape index (κ3) is 2.34. The molecule has 2 rings (SSSR count). The Morgan fingerprint density at radius 3 is 3.27 bits per heavy atom. The van der Waals surface area contributed by atoms with Crippen LogP contribution in [0.1, 0.15) is 5.69 Å². The lowest BCUT2D eigenvalue weighted by atomic mass is 10.3. The summed E-state index contributed by atoms with van der Waals surface area (Å²) in [6, 6.07) is 0. The second-order valence-corrected chi connectivity index (χ2v) is 4.01. The average Bonchev–Trinajstić information content (AvgIpc) is 2.74. The summed E-state index contributed by atoms with van der Waals surface area (Å²) in [7, 11) is 0. The topological polar surface area (TPSA) is 72.4 Å². The molecule has 2 heterocycles. The number of nitrogens with one attached hydrogen (secondary N) is 1. The first-order chi connectivity index (χ1) is 7.29. The van der Waals surface area contributed by atoms with E-state index in [0.717, 1.165) is 10.7 Å². The number of hydrogen-bond acceptors (Lipinski definition) is 4. The highest BCUT2D eigenvalue weighted by Crippen LogP contribution is 2.11. The fourth-order valence-corrected chi connectivity index (χ4v) is 2.02. The van der Waals surface area contributed by atoms with E-state index < -0.39 is 0 Å². The predicted molar refractivity (Wildman–Crippen MR) is 58.8 cm³/mol. The molecule has 0 saturated heterocycles.